The van der Waals surface area contributed by atoms with Crippen molar-refractivity contribution in [2.24, 2.45) is 0 Å². The Labute approximate surface area is 221 Å². The van der Waals surface area contributed by atoms with Crippen LogP contribution in [0.2, 0.25) is 0 Å². The Morgan fingerprint density at radius 3 is 2.39 bits per heavy atom. The van der Waals surface area contributed by atoms with E-state index in [4.69, 9.17) is 15.7 Å². The second-order valence-electron chi connectivity index (χ2n) is 8.75. The monoisotopic (exact) mass is 527 g/mol. The number of anilines is 1. The number of hydrogen-bond acceptors (Lipinski definition) is 8. The predicted octanol–water partition coefficient (Wildman–Crippen LogP) is 4.63. The molecule has 0 radical (unpaired) electrons. The van der Waals surface area contributed by atoms with Gasteiger partial charge in [-0.15, -0.1) is 0 Å². The Kier molecular flexibility index (Phi) is 7.41. The van der Waals surface area contributed by atoms with E-state index < -0.39 is 21.0 Å². The van der Waals surface area contributed by atoms with Gasteiger partial charge in [-0.3, -0.25) is 4.79 Å². The SMILES string of the molecule is Cc1cc(C)c(Oc2nc(-c3cccc(CC#N)c3)ccc2C(=O)NS(=O)(=O)c2cccc(N)n2)c(C)c1. The lowest BCUT2D eigenvalue weighted by atomic mass is 10.0. The summed E-state index contributed by atoms with van der Waals surface area (Å²) in [5.74, 6) is -0.507. The summed E-state index contributed by atoms with van der Waals surface area (Å²) in [7, 11) is -4.32. The highest BCUT2D eigenvalue weighted by Gasteiger charge is 2.25. The molecule has 1 amide bonds. The van der Waals surface area contributed by atoms with Crippen LogP contribution in [0.3, 0.4) is 0 Å². The third-order valence-corrected chi connectivity index (χ3v) is 6.89. The minimum Gasteiger partial charge on any atom is -0.438 e. The first kappa shape index (κ1) is 26.3. The van der Waals surface area contributed by atoms with Gasteiger partial charge in [0.05, 0.1) is 18.2 Å². The van der Waals surface area contributed by atoms with Gasteiger partial charge in [0.25, 0.3) is 15.9 Å². The lowest BCUT2D eigenvalue weighted by Gasteiger charge is -2.16. The van der Waals surface area contributed by atoms with E-state index >= 15 is 0 Å². The van der Waals surface area contributed by atoms with E-state index in [1.807, 2.05) is 61.9 Å². The number of benzene rings is 2. The molecular weight excluding hydrogens is 502 g/mol. The van der Waals surface area contributed by atoms with Crippen LogP contribution in [0, 0.1) is 32.1 Å². The fraction of sp³-hybridized carbons (Fsp3) is 0.143. The number of pyridine rings is 2. The highest BCUT2D eigenvalue weighted by atomic mass is 32.2. The number of nitrogens with two attached hydrogens (primary N) is 1. The van der Waals surface area contributed by atoms with Crippen LogP contribution in [0.5, 0.6) is 11.6 Å². The van der Waals surface area contributed by atoms with Gasteiger partial charge in [-0.2, -0.15) is 13.7 Å². The summed E-state index contributed by atoms with van der Waals surface area (Å²) in [6, 6.07) is 20.4. The van der Waals surface area contributed by atoms with Crippen molar-refractivity contribution in [1.29, 1.82) is 5.26 Å². The van der Waals surface area contributed by atoms with Gasteiger partial charge in [-0.25, -0.2) is 14.7 Å². The van der Waals surface area contributed by atoms with Crippen LogP contribution in [-0.4, -0.2) is 24.3 Å². The number of rotatable bonds is 7. The number of nitrogen functional groups attached to an aromatic ring is 1. The Balaban J connectivity index is 1.78. The molecule has 0 bridgehead atoms. The summed E-state index contributed by atoms with van der Waals surface area (Å²) >= 11 is 0. The molecule has 3 N–H and O–H groups in total. The molecule has 2 aromatic carbocycles. The van der Waals surface area contributed by atoms with Crippen molar-refractivity contribution in [3.63, 3.8) is 0 Å². The Morgan fingerprint density at radius 2 is 1.71 bits per heavy atom. The minimum atomic E-state index is -4.32. The molecule has 0 aliphatic rings. The van der Waals surface area contributed by atoms with E-state index in [2.05, 4.69) is 16.0 Å². The molecule has 38 heavy (non-hydrogen) atoms. The molecule has 4 rings (SSSR count). The number of nitrogens with zero attached hydrogens (tertiary/aromatic N) is 3. The van der Waals surface area contributed by atoms with E-state index in [0.29, 0.717) is 17.0 Å². The highest BCUT2D eigenvalue weighted by molar-refractivity contribution is 7.90. The zero-order valence-electron chi connectivity index (χ0n) is 21.0. The number of sulfonamides is 1. The second kappa shape index (κ2) is 10.7. The number of amides is 1. The standard InChI is InChI=1S/C28H25N5O4S/c1-17-14-18(2)26(19(3)15-17)37-28-22(27(34)33-38(35,36)25-9-5-8-24(30)32-25)10-11-23(31-28)21-7-4-6-20(16-21)12-13-29/h4-11,14-16H,12H2,1-3H3,(H2,30,32)(H,33,34). The lowest BCUT2D eigenvalue weighted by Crippen LogP contribution is -2.31. The molecule has 0 fully saturated rings. The molecular formula is C28H25N5O4S. The predicted molar refractivity (Wildman–Crippen MR) is 143 cm³/mol. The maximum Gasteiger partial charge on any atom is 0.281 e. The summed E-state index contributed by atoms with van der Waals surface area (Å²) in [5.41, 5.74) is 10.2. The van der Waals surface area contributed by atoms with E-state index in [1.54, 1.807) is 6.07 Å². The number of carbonyl (C=O) groups is 1. The number of nitriles is 1. The number of hydrogen-bond donors (Lipinski definition) is 2. The first-order valence-electron chi connectivity index (χ1n) is 11.6. The van der Waals surface area contributed by atoms with E-state index in [9.17, 15) is 13.2 Å². The zero-order chi connectivity index (χ0) is 27.4. The van der Waals surface area contributed by atoms with Gasteiger partial charge in [0.1, 0.15) is 17.1 Å². The average molecular weight is 528 g/mol. The van der Waals surface area contributed by atoms with Crippen molar-refractivity contribution >= 4 is 21.7 Å². The molecule has 0 aliphatic carbocycles. The van der Waals surface area contributed by atoms with Crippen LogP contribution in [0.1, 0.15) is 32.6 Å². The molecule has 0 saturated heterocycles. The summed E-state index contributed by atoms with van der Waals surface area (Å²) in [6.45, 7) is 5.71. The lowest BCUT2D eigenvalue weighted by molar-refractivity contribution is 0.0978. The first-order valence-corrected chi connectivity index (χ1v) is 13.1. The van der Waals surface area contributed by atoms with E-state index in [1.165, 1.54) is 24.3 Å². The van der Waals surface area contributed by atoms with Crippen molar-refractivity contribution in [1.82, 2.24) is 14.7 Å². The summed E-state index contributed by atoms with van der Waals surface area (Å²) in [5, 5.41) is 8.67. The molecule has 4 aromatic rings. The zero-order valence-corrected chi connectivity index (χ0v) is 21.8. The fourth-order valence-electron chi connectivity index (χ4n) is 4.02. The topological polar surface area (TPSA) is 148 Å². The molecule has 0 spiro atoms. The van der Waals surface area contributed by atoms with Crippen molar-refractivity contribution in [2.75, 3.05) is 5.73 Å². The van der Waals surface area contributed by atoms with Gasteiger partial charge >= 0.3 is 0 Å². The van der Waals surface area contributed by atoms with Crippen molar-refractivity contribution in [2.45, 2.75) is 32.2 Å². The minimum absolute atomic E-state index is 0.000634. The van der Waals surface area contributed by atoms with Crippen molar-refractivity contribution in [3.8, 4) is 29.0 Å². The van der Waals surface area contributed by atoms with Gasteiger partial charge in [-0.05, 0) is 67.8 Å². The molecule has 0 unspecified atom stereocenters. The van der Waals surface area contributed by atoms with Crippen LogP contribution in [-0.2, 0) is 16.4 Å². The number of aryl methyl sites for hydroxylation is 3. The molecule has 9 nitrogen and oxygen atoms in total. The van der Waals surface area contributed by atoms with Gasteiger partial charge in [0.2, 0.25) is 5.88 Å². The van der Waals surface area contributed by atoms with Crippen LogP contribution in [0.15, 0.2) is 71.8 Å². The Hall–Kier alpha value is -4.75. The van der Waals surface area contributed by atoms with Crippen LogP contribution in [0.4, 0.5) is 5.82 Å². The van der Waals surface area contributed by atoms with Gasteiger partial charge in [-0.1, -0.05) is 42.0 Å². The molecule has 10 heteroatoms. The fourth-order valence-corrected chi connectivity index (χ4v) is 4.96. The van der Waals surface area contributed by atoms with Crippen molar-refractivity contribution in [3.05, 3.63) is 94.5 Å². The quantitative estimate of drug-likeness (QED) is 0.353. The number of carbonyl (C=O) groups excluding carboxylic acids is 1. The normalized spacial score (nSPS) is 11.0. The number of aromatic nitrogens is 2. The second-order valence-corrected chi connectivity index (χ2v) is 10.4. The van der Waals surface area contributed by atoms with Crippen LogP contribution >= 0.6 is 0 Å². The first-order chi connectivity index (χ1) is 18.1. The Bertz CT molecular complexity index is 1670. The summed E-state index contributed by atoms with van der Waals surface area (Å²) < 4.78 is 33.9. The molecule has 0 saturated carbocycles. The maximum absolute atomic E-state index is 13.2. The molecule has 192 valence electrons. The molecule has 2 aromatic heterocycles. The highest BCUT2D eigenvalue weighted by Crippen LogP contribution is 2.33. The average Bonchev–Trinajstić information content (AvgIpc) is 2.86. The summed E-state index contributed by atoms with van der Waals surface area (Å²) in [4.78, 5) is 21.6. The van der Waals surface area contributed by atoms with E-state index in [-0.39, 0.29) is 23.7 Å². The van der Waals surface area contributed by atoms with Crippen LogP contribution in [0.25, 0.3) is 11.3 Å². The smallest absolute Gasteiger partial charge is 0.281 e. The largest absolute Gasteiger partial charge is 0.438 e. The summed E-state index contributed by atoms with van der Waals surface area (Å²) in [6.07, 6.45) is 0.231. The Morgan fingerprint density at radius 1 is 1.00 bits per heavy atom. The van der Waals surface area contributed by atoms with E-state index in [0.717, 1.165) is 22.3 Å². The number of nitrogens with one attached hydrogen (secondary N) is 1. The molecule has 0 aliphatic heterocycles. The third-order valence-electron chi connectivity index (χ3n) is 5.66. The molecule has 0 atom stereocenters. The van der Waals surface area contributed by atoms with Gasteiger partial charge < -0.3 is 10.5 Å². The van der Waals surface area contributed by atoms with Gasteiger partial charge in [0.15, 0.2) is 5.03 Å². The van der Waals surface area contributed by atoms with Crippen molar-refractivity contribution < 1.29 is 17.9 Å². The van der Waals surface area contributed by atoms with Crippen LogP contribution < -0.4 is 15.2 Å². The maximum atomic E-state index is 13.2. The molecule has 2 heterocycles. The third kappa shape index (κ3) is 5.79. The number of ether oxygens (including phenoxy) is 1. The van der Waals surface area contributed by atoms with Gasteiger partial charge in [0, 0.05) is 5.56 Å².